The molecule has 1 amide bonds. The topological polar surface area (TPSA) is 49.8 Å². The molecule has 29 heavy (non-hydrogen) atoms. The number of benzene rings is 3. The fourth-order valence-electron chi connectivity index (χ4n) is 3.89. The van der Waals surface area contributed by atoms with Crippen LogP contribution in [-0.4, -0.2) is 36.1 Å². The molecule has 4 rings (SSSR count). The highest BCUT2D eigenvalue weighted by Crippen LogP contribution is 2.34. The van der Waals surface area contributed by atoms with E-state index in [9.17, 15) is 9.90 Å². The Labute approximate surface area is 171 Å². The lowest BCUT2D eigenvalue weighted by Crippen LogP contribution is -2.45. The Bertz CT molecular complexity index is 957. The van der Waals surface area contributed by atoms with Gasteiger partial charge in [0.1, 0.15) is 5.75 Å². The van der Waals surface area contributed by atoms with Crippen LogP contribution in [0, 0.1) is 0 Å². The summed E-state index contributed by atoms with van der Waals surface area (Å²) in [6.45, 7) is 1.06. The molecule has 0 saturated carbocycles. The van der Waals surface area contributed by atoms with Crippen LogP contribution >= 0.6 is 0 Å². The highest BCUT2D eigenvalue weighted by molar-refractivity contribution is 5.94. The van der Waals surface area contributed by atoms with E-state index in [2.05, 4.69) is 12.1 Å². The van der Waals surface area contributed by atoms with Crippen LogP contribution < -0.4 is 4.74 Å². The molecule has 4 nitrogen and oxygen atoms in total. The van der Waals surface area contributed by atoms with Crippen molar-refractivity contribution in [3.05, 3.63) is 90.0 Å². The molecule has 1 N–H and O–H groups in total. The summed E-state index contributed by atoms with van der Waals surface area (Å²) in [5, 5.41) is 11.1. The maximum Gasteiger partial charge on any atom is 0.253 e. The fraction of sp³-hybridized carbons (Fsp3) is 0.240. The molecule has 0 radical (unpaired) electrons. The smallest absolute Gasteiger partial charge is 0.253 e. The minimum Gasteiger partial charge on any atom is -0.497 e. The third-order valence-electron chi connectivity index (χ3n) is 5.74. The minimum absolute atomic E-state index is 0.0152. The zero-order valence-electron chi connectivity index (χ0n) is 16.5. The van der Waals surface area contributed by atoms with Gasteiger partial charge < -0.3 is 14.7 Å². The summed E-state index contributed by atoms with van der Waals surface area (Å²) in [5.41, 5.74) is 2.88. The minimum atomic E-state index is -0.903. The predicted molar refractivity (Wildman–Crippen MR) is 114 cm³/mol. The molecule has 0 atom stereocenters. The first kappa shape index (κ1) is 19.2. The van der Waals surface area contributed by atoms with Crippen LogP contribution in [0.4, 0.5) is 0 Å². The number of carbonyl (C=O) groups is 1. The molecular weight excluding hydrogens is 362 g/mol. The van der Waals surface area contributed by atoms with Gasteiger partial charge in [-0.05, 0) is 53.8 Å². The number of ether oxygens (including phenoxy) is 1. The Balaban J connectivity index is 1.42. The fourth-order valence-corrected chi connectivity index (χ4v) is 3.89. The quantitative estimate of drug-likeness (QED) is 0.718. The van der Waals surface area contributed by atoms with Crippen molar-refractivity contribution in [3.63, 3.8) is 0 Å². The van der Waals surface area contributed by atoms with Gasteiger partial charge in [-0.1, -0.05) is 54.6 Å². The number of nitrogens with zero attached hydrogens (tertiary/aromatic N) is 1. The lowest BCUT2D eigenvalue weighted by Gasteiger charge is -2.38. The van der Waals surface area contributed by atoms with E-state index in [1.165, 1.54) is 0 Å². The van der Waals surface area contributed by atoms with E-state index in [1.807, 2.05) is 71.6 Å². The molecule has 0 aliphatic carbocycles. The first-order valence-electron chi connectivity index (χ1n) is 9.91. The van der Waals surface area contributed by atoms with Crippen LogP contribution in [0.2, 0.25) is 0 Å². The van der Waals surface area contributed by atoms with Crippen molar-refractivity contribution in [2.24, 2.45) is 0 Å². The van der Waals surface area contributed by atoms with Crippen LogP contribution in [0.5, 0.6) is 5.75 Å². The van der Waals surface area contributed by atoms with Crippen LogP contribution in [0.15, 0.2) is 78.9 Å². The molecule has 0 unspecified atom stereocenters. The first-order chi connectivity index (χ1) is 14.1. The van der Waals surface area contributed by atoms with Crippen molar-refractivity contribution in [1.82, 2.24) is 4.90 Å². The van der Waals surface area contributed by atoms with E-state index < -0.39 is 5.60 Å². The van der Waals surface area contributed by atoms with Gasteiger partial charge in [-0.3, -0.25) is 4.79 Å². The molecule has 1 saturated heterocycles. The van der Waals surface area contributed by atoms with E-state index in [4.69, 9.17) is 4.74 Å². The van der Waals surface area contributed by atoms with Gasteiger partial charge in [0.15, 0.2) is 0 Å². The Kier molecular flexibility index (Phi) is 5.36. The zero-order valence-corrected chi connectivity index (χ0v) is 16.5. The van der Waals surface area contributed by atoms with Crippen LogP contribution in [0.3, 0.4) is 0 Å². The number of likely N-dealkylation sites (tertiary alicyclic amines) is 1. The number of rotatable bonds is 4. The molecule has 148 valence electrons. The van der Waals surface area contributed by atoms with Gasteiger partial charge >= 0.3 is 0 Å². The van der Waals surface area contributed by atoms with Crippen LogP contribution in [0.25, 0.3) is 11.1 Å². The highest BCUT2D eigenvalue weighted by atomic mass is 16.5. The SMILES string of the molecule is COc1ccc(C2(O)CCN(C(=O)c3ccc(-c4ccccc4)cc3)CC2)cc1. The van der Waals surface area contributed by atoms with Crippen molar-refractivity contribution < 1.29 is 14.6 Å². The predicted octanol–water partition coefficient (Wildman–Crippen LogP) is 4.49. The lowest BCUT2D eigenvalue weighted by molar-refractivity contribution is -0.0211. The van der Waals surface area contributed by atoms with Crippen molar-refractivity contribution in [2.75, 3.05) is 20.2 Å². The molecule has 4 heteroatoms. The maximum absolute atomic E-state index is 12.9. The van der Waals surface area contributed by atoms with Gasteiger partial charge in [0.2, 0.25) is 0 Å². The van der Waals surface area contributed by atoms with Crippen molar-refractivity contribution in [2.45, 2.75) is 18.4 Å². The summed E-state index contributed by atoms with van der Waals surface area (Å²) < 4.78 is 5.19. The largest absolute Gasteiger partial charge is 0.497 e. The number of amides is 1. The summed E-state index contributed by atoms with van der Waals surface area (Å²) in [4.78, 5) is 14.7. The molecule has 1 aliphatic heterocycles. The van der Waals surface area contributed by atoms with Crippen molar-refractivity contribution in [1.29, 1.82) is 0 Å². The summed E-state index contributed by atoms with van der Waals surface area (Å²) >= 11 is 0. The van der Waals surface area contributed by atoms with Crippen LogP contribution in [-0.2, 0) is 5.60 Å². The number of aliphatic hydroxyl groups is 1. The molecule has 1 fully saturated rings. The molecule has 0 bridgehead atoms. The number of hydrogen-bond acceptors (Lipinski definition) is 3. The standard InChI is InChI=1S/C25H25NO3/c1-29-23-13-11-22(12-14-23)25(28)15-17-26(18-16-25)24(27)21-9-7-20(8-10-21)19-5-3-2-4-6-19/h2-14,28H,15-18H2,1H3. The second kappa shape index (κ2) is 8.10. The number of carbonyl (C=O) groups excluding carboxylic acids is 1. The summed E-state index contributed by atoms with van der Waals surface area (Å²) in [6.07, 6.45) is 1.04. The average Bonchev–Trinajstić information content (AvgIpc) is 2.80. The number of methoxy groups -OCH3 is 1. The average molecular weight is 387 g/mol. The van der Waals surface area contributed by atoms with Gasteiger partial charge in [0.05, 0.1) is 12.7 Å². The molecule has 1 aliphatic rings. The van der Waals surface area contributed by atoms with Crippen molar-refractivity contribution >= 4 is 5.91 Å². The van der Waals surface area contributed by atoms with E-state index in [-0.39, 0.29) is 5.91 Å². The van der Waals surface area contributed by atoms with Gasteiger partial charge in [0.25, 0.3) is 5.91 Å². The first-order valence-corrected chi connectivity index (χ1v) is 9.91. The van der Waals surface area contributed by atoms with Crippen molar-refractivity contribution in [3.8, 4) is 16.9 Å². The van der Waals surface area contributed by atoms with Gasteiger partial charge in [-0.15, -0.1) is 0 Å². The number of piperidine rings is 1. The third-order valence-corrected chi connectivity index (χ3v) is 5.74. The van der Waals surface area contributed by atoms with Gasteiger partial charge in [-0.25, -0.2) is 0 Å². The summed E-state index contributed by atoms with van der Waals surface area (Å²) in [5.74, 6) is 0.783. The Hall–Kier alpha value is -3.11. The molecule has 3 aromatic carbocycles. The normalized spacial score (nSPS) is 15.7. The molecule has 1 heterocycles. The zero-order chi connectivity index (χ0) is 20.3. The third kappa shape index (κ3) is 4.03. The molecule has 0 aromatic heterocycles. The van der Waals surface area contributed by atoms with E-state index in [0.717, 1.165) is 22.4 Å². The highest BCUT2D eigenvalue weighted by Gasteiger charge is 2.35. The Morgan fingerprint density at radius 3 is 2.03 bits per heavy atom. The summed E-state index contributed by atoms with van der Waals surface area (Å²) in [7, 11) is 1.63. The molecular formula is C25H25NO3. The number of hydrogen-bond donors (Lipinski definition) is 1. The van der Waals surface area contributed by atoms with Crippen LogP contribution in [0.1, 0.15) is 28.8 Å². The molecule has 0 spiro atoms. The molecule has 3 aromatic rings. The van der Waals surface area contributed by atoms with E-state index in [1.54, 1.807) is 7.11 Å². The Morgan fingerprint density at radius 2 is 1.45 bits per heavy atom. The van der Waals surface area contributed by atoms with Gasteiger partial charge in [0, 0.05) is 18.7 Å². The second-order valence-electron chi connectivity index (χ2n) is 7.50. The summed E-state index contributed by atoms with van der Waals surface area (Å²) in [6, 6.07) is 25.4. The van der Waals surface area contributed by atoms with E-state index >= 15 is 0 Å². The second-order valence-corrected chi connectivity index (χ2v) is 7.50. The lowest BCUT2D eigenvalue weighted by atomic mass is 9.84. The van der Waals surface area contributed by atoms with Gasteiger partial charge in [-0.2, -0.15) is 0 Å². The monoisotopic (exact) mass is 387 g/mol. The van der Waals surface area contributed by atoms with E-state index in [0.29, 0.717) is 31.5 Å². The Morgan fingerprint density at radius 1 is 0.862 bits per heavy atom. The maximum atomic E-state index is 12.9.